The lowest BCUT2D eigenvalue weighted by Gasteiger charge is -2.36. The third-order valence-corrected chi connectivity index (χ3v) is 4.09. The number of rotatable bonds is 2. The zero-order valence-corrected chi connectivity index (χ0v) is 12.1. The van der Waals surface area contributed by atoms with Crippen LogP contribution in [0.5, 0.6) is 0 Å². The summed E-state index contributed by atoms with van der Waals surface area (Å²) in [4.78, 5) is 29.2. The Kier molecular flexibility index (Phi) is 4.19. The lowest BCUT2D eigenvalue weighted by molar-refractivity contribution is -0.143. The molecule has 1 aliphatic rings. The molecule has 2 atom stereocenters. The molecule has 19 heavy (non-hydrogen) atoms. The van der Waals surface area contributed by atoms with Crippen LogP contribution < -0.4 is 0 Å². The fourth-order valence-corrected chi connectivity index (χ4v) is 2.70. The zero-order valence-electron chi connectivity index (χ0n) is 10.5. The Hall–Kier alpha value is -1.43. The van der Waals surface area contributed by atoms with Crippen molar-refractivity contribution in [3.05, 3.63) is 28.5 Å². The highest BCUT2D eigenvalue weighted by Gasteiger charge is 2.33. The number of pyridine rings is 1. The Bertz CT molecular complexity index is 506. The number of aliphatic carboxylic acids is 1. The third kappa shape index (κ3) is 2.94. The van der Waals surface area contributed by atoms with Crippen LogP contribution in [0, 0.1) is 5.92 Å². The number of carboxylic acid groups (broad SMARTS) is 1. The van der Waals surface area contributed by atoms with E-state index in [-0.39, 0.29) is 18.5 Å². The summed E-state index contributed by atoms with van der Waals surface area (Å²) in [5, 5.41) is 9.09. The van der Waals surface area contributed by atoms with Gasteiger partial charge in [0.1, 0.15) is 5.69 Å². The van der Waals surface area contributed by atoms with Crippen LogP contribution in [0.3, 0.4) is 0 Å². The number of carbonyl (C=O) groups is 2. The van der Waals surface area contributed by atoms with Crippen LogP contribution in [0.15, 0.2) is 22.8 Å². The topological polar surface area (TPSA) is 70.5 Å². The average Bonchev–Trinajstić information content (AvgIpc) is 2.38. The first-order valence-electron chi connectivity index (χ1n) is 6.15. The lowest BCUT2D eigenvalue weighted by Crippen LogP contribution is -2.47. The zero-order chi connectivity index (χ0) is 14.0. The number of carbonyl (C=O) groups excluding carboxylic acids is 1. The number of amides is 1. The highest BCUT2D eigenvalue weighted by atomic mass is 79.9. The first kappa shape index (κ1) is 14.0. The fourth-order valence-electron chi connectivity index (χ4n) is 2.27. The molecular weight excluding hydrogens is 312 g/mol. The van der Waals surface area contributed by atoms with Crippen molar-refractivity contribution >= 4 is 27.8 Å². The Balaban J connectivity index is 2.22. The van der Waals surface area contributed by atoms with Crippen molar-refractivity contribution < 1.29 is 14.7 Å². The largest absolute Gasteiger partial charge is 0.481 e. The van der Waals surface area contributed by atoms with E-state index in [1.165, 1.54) is 0 Å². The van der Waals surface area contributed by atoms with Crippen molar-refractivity contribution in [2.45, 2.75) is 25.8 Å². The van der Waals surface area contributed by atoms with Crippen molar-refractivity contribution in [1.82, 2.24) is 9.88 Å². The molecule has 6 heteroatoms. The standard InChI is InChI=1S/C13H15BrN2O3/c1-8-4-5-9(13(18)19)7-16(8)12(17)11-10(14)3-2-6-15-11/h2-3,6,8-9H,4-5,7H2,1H3,(H,18,19). The minimum atomic E-state index is -0.843. The van der Waals surface area contributed by atoms with E-state index < -0.39 is 11.9 Å². The highest BCUT2D eigenvalue weighted by Crippen LogP contribution is 2.25. The van der Waals surface area contributed by atoms with E-state index >= 15 is 0 Å². The Morgan fingerprint density at radius 2 is 2.21 bits per heavy atom. The van der Waals surface area contributed by atoms with Gasteiger partial charge < -0.3 is 10.0 Å². The van der Waals surface area contributed by atoms with Gasteiger partial charge in [-0.2, -0.15) is 0 Å². The molecular formula is C13H15BrN2O3. The van der Waals surface area contributed by atoms with Gasteiger partial charge in [0.15, 0.2) is 0 Å². The molecule has 0 saturated carbocycles. The number of hydrogen-bond acceptors (Lipinski definition) is 3. The van der Waals surface area contributed by atoms with Crippen LogP contribution in [0.4, 0.5) is 0 Å². The van der Waals surface area contributed by atoms with Crippen molar-refractivity contribution in [1.29, 1.82) is 0 Å². The maximum absolute atomic E-state index is 12.4. The second-order valence-corrected chi connectivity index (χ2v) is 5.61. The predicted molar refractivity (Wildman–Crippen MR) is 72.8 cm³/mol. The second kappa shape index (κ2) is 5.69. The molecule has 0 spiro atoms. The maximum atomic E-state index is 12.4. The SMILES string of the molecule is CC1CCC(C(=O)O)CN1C(=O)c1ncccc1Br. The van der Waals surface area contributed by atoms with E-state index in [1.807, 2.05) is 6.92 Å². The first-order chi connectivity index (χ1) is 9.00. The Morgan fingerprint density at radius 1 is 1.47 bits per heavy atom. The summed E-state index contributed by atoms with van der Waals surface area (Å²) in [5.74, 6) is -1.54. The van der Waals surface area contributed by atoms with Gasteiger partial charge in [0.05, 0.1) is 5.92 Å². The molecule has 0 aliphatic carbocycles. The summed E-state index contributed by atoms with van der Waals surface area (Å²) in [6, 6.07) is 3.53. The maximum Gasteiger partial charge on any atom is 0.308 e. The molecule has 0 aromatic carbocycles. The smallest absolute Gasteiger partial charge is 0.308 e. The molecule has 2 unspecified atom stereocenters. The summed E-state index contributed by atoms with van der Waals surface area (Å²) in [5.41, 5.74) is 0.334. The van der Waals surface area contributed by atoms with E-state index in [1.54, 1.807) is 23.2 Å². The third-order valence-electron chi connectivity index (χ3n) is 3.45. The molecule has 1 amide bonds. The quantitative estimate of drug-likeness (QED) is 0.904. The monoisotopic (exact) mass is 326 g/mol. The van der Waals surface area contributed by atoms with Gasteiger partial charge in [0.2, 0.25) is 0 Å². The average molecular weight is 327 g/mol. The first-order valence-corrected chi connectivity index (χ1v) is 6.94. The number of piperidine rings is 1. The van der Waals surface area contributed by atoms with Gasteiger partial charge in [0.25, 0.3) is 5.91 Å². The highest BCUT2D eigenvalue weighted by molar-refractivity contribution is 9.10. The summed E-state index contributed by atoms with van der Waals surface area (Å²) >= 11 is 3.30. The normalized spacial score (nSPS) is 23.2. The van der Waals surface area contributed by atoms with Crippen molar-refractivity contribution in [3.8, 4) is 0 Å². The predicted octanol–water partition coefficient (Wildman–Crippen LogP) is 2.17. The molecule has 1 fully saturated rings. The second-order valence-electron chi connectivity index (χ2n) is 4.75. The molecule has 102 valence electrons. The summed E-state index contributed by atoms with van der Waals surface area (Å²) in [6.45, 7) is 2.19. The Morgan fingerprint density at radius 3 is 2.84 bits per heavy atom. The van der Waals surface area contributed by atoms with E-state index in [0.29, 0.717) is 23.0 Å². The molecule has 1 saturated heterocycles. The number of carboxylic acids is 1. The molecule has 1 aromatic heterocycles. The summed E-state index contributed by atoms with van der Waals surface area (Å²) < 4.78 is 0.629. The van der Waals surface area contributed by atoms with Gasteiger partial charge in [-0.15, -0.1) is 0 Å². The van der Waals surface area contributed by atoms with Crippen LogP contribution in [0.1, 0.15) is 30.3 Å². The minimum absolute atomic E-state index is 0.0389. The van der Waals surface area contributed by atoms with Crippen molar-refractivity contribution in [3.63, 3.8) is 0 Å². The molecule has 2 heterocycles. The summed E-state index contributed by atoms with van der Waals surface area (Å²) in [6.07, 6.45) is 2.87. The molecule has 0 bridgehead atoms. The number of likely N-dealkylation sites (tertiary alicyclic amines) is 1. The summed E-state index contributed by atoms with van der Waals surface area (Å²) in [7, 11) is 0. The lowest BCUT2D eigenvalue weighted by atomic mass is 9.93. The van der Waals surface area contributed by atoms with Gasteiger partial charge >= 0.3 is 5.97 Å². The van der Waals surface area contributed by atoms with Gasteiger partial charge in [-0.05, 0) is 47.8 Å². The number of aromatic nitrogens is 1. The van der Waals surface area contributed by atoms with Crippen molar-refractivity contribution in [2.75, 3.05) is 6.54 Å². The van der Waals surface area contributed by atoms with Gasteiger partial charge in [-0.25, -0.2) is 4.98 Å². The van der Waals surface area contributed by atoms with Crippen LogP contribution in [-0.2, 0) is 4.79 Å². The Labute approximate surface area is 119 Å². The molecule has 1 aliphatic heterocycles. The van der Waals surface area contributed by atoms with E-state index in [4.69, 9.17) is 5.11 Å². The molecule has 1 aromatic rings. The minimum Gasteiger partial charge on any atom is -0.481 e. The number of halogens is 1. The molecule has 5 nitrogen and oxygen atoms in total. The number of hydrogen-bond donors (Lipinski definition) is 1. The van der Waals surface area contributed by atoms with Crippen LogP contribution >= 0.6 is 15.9 Å². The van der Waals surface area contributed by atoms with Crippen LogP contribution in [0.25, 0.3) is 0 Å². The van der Waals surface area contributed by atoms with E-state index in [9.17, 15) is 9.59 Å². The molecule has 1 N–H and O–H groups in total. The van der Waals surface area contributed by atoms with E-state index in [0.717, 1.165) is 0 Å². The molecule has 0 radical (unpaired) electrons. The van der Waals surface area contributed by atoms with Gasteiger partial charge in [0, 0.05) is 23.3 Å². The fraction of sp³-hybridized carbons (Fsp3) is 0.462. The molecule has 2 rings (SSSR count). The van der Waals surface area contributed by atoms with E-state index in [2.05, 4.69) is 20.9 Å². The van der Waals surface area contributed by atoms with Gasteiger partial charge in [-0.1, -0.05) is 0 Å². The van der Waals surface area contributed by atoms with Crippen LogP contribution in [-0.4, -0.2) is 39.5 Å². The van der Waals surface area contributed by atoms with Crippen LogP contribution in [0.2, 0.25) is 0 Å². The van der Waals surface area contributed by atoms with Crippen molar-refractivity contribution in [2.24, 2.45) is 5.92 Å². The van der Waals surface area contributed by atoms with Gasteiger partial charge in [-0.3, -0.25) is 9.59 Å². The number of nitrogens with zero attached hydrogens (tertiary/aromatic N) is 2.